The molecule has 0 aliphatic carbocycles. The van der Waals surface area contributed by atoms with Crippen molar-refractivity contribution < 1.29 is 9.59 Å². The Balaban J connectivity index is 1.58. The van der Waals surface area contributed by atoms with Crippen molar-refractivity contribution >= 4 is 29.0 Å². The van der Waals surface area contributed by atoms with Crippen LogP contribution in [0.25, 0.3) is 0 Å². The van der Waals surface area contributed by atoms with Crippen molar-refractivity contribution in [2.75, 3.05) is 28.6 Å². The Labute approximate surface area is 166 Å². The van der Waals surface area contributed by atoms with Crippen molar-refractivity contribution in [3.05, 3.63) is 54.6 Å². The maximum absolute atomic E-state index is 12.7. The first kappa shape index (κ1) is 19.7. The van der Waals surface area contributed by atoms with Gasteiger partial charge in [0.2, 0.25) is 5.91 Å². The highest BCUT2D eigenvalue weighted by Gasteiger charge is 2.24. The lowest BCUT2D eigenvalue weighted by Gasteiger charge is -2.22. The van der Waals surface area contributed by atoms with Crippen molar-refractivity contribution in [1.29, 1.82) is 0 Å². The molecular weight excluding hydrogens is 352 g/mol. The summed E-state index contributed by atoms with van der Waals surface area (Å²) in [7, 11) is 0. The molecule has 3 amide bonds. The number of rotatable bonds is 6. The van der Waals surface area contributed by atoms with E-state index in [1.54, 1.807) is 12.1 Å². The maximum Gasteiger partial charge on any atom is 0.319 e. The first-order valence-electron chi connectivity index (χ1n) is 9.81. The van der Waals surface area contributed by atoms with Crippen LogP contribution in [0.2, 0.25) is 0 Å². The Morgan fingerprint density at radius 2 is 1.46 bits per heavy atom. The molecule has 1 aliphatic heterocycles. The number of benzene rings is 2. The number of urea groups is 1. The van der Waals surface area contributed by atoms with E-state index in [0.29, 0.717) is 5.69 Å². The summed E-state index contributed by atoms with van der Waals surface area (Å²) in [4.78, 5) is 27.3. The Hall–Kier alpha value is -3.02. The summed E-state index contributed by atoms with van der Waals surface area (Å²) in [6.45, 7) is 5.98. The van der Waals surface area contributed by atoms with Gasteiger partial charge in [-0.1, -0.05) is 32.0 Å². The monoisotopic (exact) mass is 380 g/mol. The molecule has 28 heavy (non-hydrogen) atoms. The quantitative estimate of drug-likeness (QED) is 0.707. The minimum atomic E-state index is -0.637. The van der Waals surface area contributed by atoms with Crippen LogP contribution in [0.1, 0.15) is 26.7 Å². The topological polar surface area (TPSA) is 73.5 Å². The summed E-state index contributed by atoms with van der Waals surface area (Å²) in [6, 6.07) is 16.0. The zero-order chi connectivity index (χ0) is 19.9. The number of para-hydroxylation sites is 1. The standard InChI is InChI=1S/C22H28N4O2/c1-16(2)20(25-22(28)24-17-8-4-3-5-9-17)21(27)23-18-10-12-19(13-11-18)26-14-6-7-15-26/h3-5,8-13,16,20H,6-7,14-15H2,1-2H3,(H,23,27)(H2,24,25,28)/t20-/m1/s1. The van der Waals surface area contributed by atoms with Gasteiger partial charge in [-0.25, -0.2) is 4.79 Å². The molecule has 1 fully saturated rings. The van der Waals surface area contributed by atoms with Crippen LogP contribution in [0.3, 0.4) is 0 Å². The van der Waals surface area contributed by atoms with E-state index in [9.17, 15) is 9.59 Å². The highest BCUT2D eigenvalue weighted by Crippen LogP contribution is 2.22. The molecule has 0 spiro atoms. The summed E-state index contributed by atoms with van der Waals surface area (Å²) in [5.41, 5.74) is 2.58. The van der Waals surface area contributed by atoms with Gasteiger partial charge >= 0.3 is 6.03 Å². The first-order chi connectivity index (χ1) is 13.5. The molecule has 1 atom stereocenters. The molecule has 6 heteroatoms. The van der Waals surface area contributed by atoms with Gasteiger partial charge in [0, 0.05) is 30.2 Å². The molecule has 0 radical (unpaired) electrons. The second-order valence-electron chi connectivity index (χ2n) is 7.42. The largest absolute Gasteiger partial charge is 0.372 e. The SMILES string of the molecule is CC(C)[C@@H](NC(=O)Nc1ccccc1)C(=O)Nc1ccc(N2CCCC2)cc1. The zero-order valence-corrected chi connectivity index (χ0v) is 16.4. The number of carbonyl (C=O) groups is 2. The summed E-state index contributed by atoms with van der Waals surface area (Å²) >= 11 is 0. The number of nitrogens with one attached hydrogen (secondary N) is 3. The highest BCUT2D eigenvalue weighted by atomic mass is 16.2. The van der Waals surface area contributed by atoms with Crippen LogP contribution in [-0.2, 0) is 4.79 Å². The molecule has 1 heterocycles. The van der Waals surface area contributed by atoms with E-state index in [-0.39, 0.29) is 11.8 Å². The van der Waals surface area contributed by atoms with Gasteiger partial charge in [0.1, 0.15) is 6.04 Å². The van der Waals surface area contributed by atoms with Crippen LogP contribution in [0.15, 0.2) is 54.6 Å². The van der Waals surface area contributed by atoms with Gasteiger partial charge in [0.25, 0.3) is 0 Å². The third kappa shape index (κ3) is 5.25. The number of nitrogens with zero attached hydrogens (tertiary/aromatic N) is 1. The van der Waals surface area contributed by atoms with Gasteiger partial charge in [-0.15, -0.1) is 0 Å². The van der Waals surface area contributed by atoms with E-state index in [1.807, 2.05) is 56.3 Å². The average molecular weight is 380 g/mol. The lowest BCUT2D eigenvalue weighted by Crippen LogP contribution is -2.48. The van der Waals surface area contributed by atoms with Gasteiger partial charge in [-0.05, 0) is 55.2 Å². The fourth-order valence-electron chi connectivity index (χ4n) is 3.32. The van der Waals surface area contributed by atoms with Gasteiger partial charge in [-0.3, -0.25) is 4.79 Å². The zero-order valence-electron chi connectivity index (χ0n) is 16.4. The molecule has 2 aromatic carbocycles. The summed E-state index contributed by atoms with van der Waals surface area (Å²) in [6.07, 6.45) is 2.45. The Kier molecular flexibility index (Phi) is 6.53. The van der Waals surface area contributed by atoms with Crippen LogP contribution in [0.5, 0.6) is 0 Å². The molecule has 3 N–H and O–H groups in total. The highest BCUT2D eigenvalue weighted by molar-refractivity contribution is 5.99. The predicted molar refractivity (Wildman–Crippen MR) is 114 cm³/mol. The van der Waals surface area contributed by atoms with Crippen molar-refractivity contribution in [3.8, 4) is 0 Å². The van der Waals surface area contributed by atoms with Gasteiger partial charge in [0.05, 0.1) is 0 Å². The number of hydrogen-bond donors (Lipinski definition) is 3. The Morgan fingerprint density at radius 3 is 2.07 bits per heavy atom. The fourth-order valence-corrected chi connectivity index (χ4v) is 3.32. The molecule has 1 aliphatic rings. The van der Waals surface area contributed by atoms with Crippen molar-refractivity contribution in [2.24, 2.45) is 5.92 Å². The first-order valence-corrected chi connectivity index (χ1v) is 9.81. The molecule has 3 rings (SSSR count). The van der Waals surface area contributed by atoms with Crippen LogP contribution >= 0.6 is 0 Å². The molecule has 0 bridgehead atoms. The maximum atomic E-state index is 12.7. The molecule has 0 aromatic heterocycles. The Bertz CT molecular complexity index is 784. The molecule has 0 saturated carbocycles. The molecule has 1 saturated heterocycles. The van der Waals surface area contributed by atoms with Crippen LogP contribution in [0, 0.1) is 5.92 Å². The lowest BCUT2D eigenvalue weighted by atomic mass is 10.0. The van der Waals surface area contributed by atoms with Crippen LogP contribution < -0.4 is 20.9 Å². The van der Waals surface area contributed by atoms with Gasteiger partial charge < -0.3 is 20.9 Å². The average Bonchev–Trinajstić information content (AvgIpc) is 3.22. The normalized spacial score (nSPS) is 14.6. The summed E-state index contributed by atoms with van der Waals surface area (Å²) < 4.78 is 0. The number of carbonyl (C=O) groups excluding carboxylic acids is 2. The lowest BCUT2D eigenvalue weighted by molar-refractivity contribution is -0.118. The van der Waals surface area contributed by atoms with Crippen LogP contribution in [-0.4, -0.2) is 31.1 Å². The van der Waals surface area contributed by atoms with Gasteiger partial charge in [0.15, 0.2) is 0 Å². The van der Waals surface area contributed by atoms with E-state index in [1.165, 1.54) is 18.5 Å². The molecule has 6 nitrogen and oxygen atoms in total. The molecular formula is C22H28N4O2. The van der Waals surface area contributed by atoms with E-state index in [4.69, 9.17) is 0 Å². The molecule has 2 aromatic rings. The van der Waals surface area contributed by atoms with Crippen molar-refractivity contribution in [2.45, 2.75) is 32.7 Å². The fraction of sp³-hybridized carbons (Fsp3) is 0.364. The molecule has 0 unspecified atom stereocenters. The second kappa shape index (κ2) is 9.26. The van der Waals surface area contributed by atoms with E-state index in [2.05, 4.69) is 20.9 Å². The van der Waals surface area contributed by atoms with Crippen molar-refractivity contribution in [1.82, 2.24) is 5.32 Å². The van der Waals surface area contributed by atoms with Gasteiger partial charge in [-0.2, -0.15) is 0 Å². The van der Waals surface area contributed by atoms with E-state index < -0.39 is 12.1 Å². The Morgan fingerprint density at radius 1 is 0.857 bits per heavy atom. The third-order valence-corrected chi connectivity index (χ3v) is 4.87. The number of hydrogen-bond acceptors (Lipinski definition) is 3. The number of anilines is 3. The smallest absolute Gasteiger partial charge is 0.319 e. The summed E-state index contributed by atoms with van der Waals surface area (Å²) in [5.74, 6) is -0.280. The summed E-state index contributed by atoms with van der Waals surface area (Å²) in [5, 5.41) is 8.43. The second-order valence-corrected chi connectivity index (χ2v) is 7.42. The van der Waals surface area contributed by atoms with E-state index >= 15 is 0 Å². The number of amides is 3. The predicted octanol–water partition coefficient (Wildman–Crippen LogP) is 4.07. The van der Waals surface area contributed by atoms with Crippen LogP contribution in [0.4, 0.5) is 21.9 Å². The van der Waals surface area contributed by atoms with E-state index in [0.717, 1.165) is 18.8 Å². The van der Waals surface area contributed by atoms with Crippen molar-refractivity contribution in [3.63, 3.8) is 0 Å². The minimum Gasteiger partial charge on any atom is -0.372 e. The minimum absolute atomic E-state index is 0.0506. The third-order valence-electron chi connectivity index (χ3n) is 4.87. The molecule has 148 valence electrons.